The van der Waals surface area contributed by atoms with Gasteiger partial charge >= 0.3 is 0 Å². The molecule has 0 aliphatic heterocycles. The molecule has 0 fully saturated rings. The second-order valence-electron chi connectivity index (χ2n) is 3.59. The maximum absolute atomic E-state index is 9.56. The van der Waals surface area contributed by atoms with Crippen molar-refractivity contribution in [2.45, 2.75) is 32.3 Å². The summed E-state index contributed by atoms with van der Waals surface area (Å²) in [6.07, 6.45) is 2.36. The monoisotopic (exact) mass is 190 g/mol. The Hall–Kier alpha value is -0.120. The minimum atomic E-state index is -0.208. The van der Waals surface area contributed by atoms with E-state index in [4.69, 9.17) is 9.47 Å². The molecule has 0 bridgehead atoms. The highest BCUT2D eigenvalue weighted by molar-refractivity contribution is 4.61. The number of rotatable bonds is 8. The highest BCUT2D eigenvalue weighted by Gasteiger charge is 2.09. The fraction of sp³-hybridized carbons (Fsp3) is 1.00. The highest BCUT2D eigenvalue weighted by atomic mass is 16.5. The summed E-state index contributed by atoms with van der Waals surface area (Å²) in [6.45, 7) is 3.54. The minimum Gasteiger partial charge on any atom is -0.393 e. The average Bonchev–Trinajstić information content (AvgIpc) is 2.05. The Balaban J connectivity index is 3.32. The molecule has 3 nitrogen and oxygen atoms in total. The molecule has 0 aliphatic carbocycles. The molecule has 2 unspecified atom stereocenters. The quantitative estimate of drug-likeness (QED) is 0.589. The molecule has 0 spiro atoms. The van der Waals surface area contributed by atoms with E-state index in [2.05, 4.69) is 6.92 Å². The van der Waals surface area contributed by atoms with Crippen molar-refractivity contribution in [1.82, 2.24) is 0 Å². The number of aliphatic hydroxyl groups excluding tert-OH is 1. The van der Waals surface area contributed by atoms with Crippen molar-refractivity contribution in [3.05, 3.63) is 0 Å². The minimum absolute atomic E-state index is 0.208. The Kier molecular flexibility index (Phi) is 8.40. The zero-order valence-electron chi connectivity index (χ0n) is 8.95. The van der Waals surface area contributed by atoms with Crippen LogP contribution in [-0.2, 0) is 9.47 Å². The zero-order valence-corrected chi connectivity index (χ0v) is 8.95. The summed E-state index contributed by atoms with van der Waals surface area (Å²) < 4.78 is 9.90. The predicted octanol–water partition coefficient (Wildman–Crippen LogP) is 1.45. The van der Waals surface area contributed by atoms with Gasteiger partial charge < -0.3 is 14.6 Å². The fourth-order valence-corrected chi connectivity index (χ4v) is 1.40. The van der Waals surface area contributed by atoms with Crippen LogP contribution < -0.4 is 0 Å². The molecule has 0 amide bonds. The van der Waals surface area contributed by atoms with Gasteiger partial charge in [-0.25, -0.2) is 0 Å². The highest BCUT2D eigenvalue weighted by Crippen LogP contribution is 2.10. The molecule has 1 N–H and O–H groups in total. The van der Waals surface area contributed by atoms with E-state index in [1.54, 1.807) is 14.2 Å². The second-order valence-corrected chi connectivity index (χ2v) is 3.59. The summed E-state index contributed by atoms with van der Waals surface area (Å²) in [5, 5.41) is 9.56. The summed E-state index contributed by atoms with van der Waals surface area (Å²) in [5.41, 5.74) is 0. The van der Waals surface area contributed by atoms with Crippen LogP contribution in [0.4, 0.5) is 0 Å². The van der Waals surface area contributed by atoms with E-state index in [1.807, 2.05) is 0 Å². The van der Waals surface area contributed by atoms with Gasteiger partial charge in [-0.05, 0) is 25.2 Å². The third kappa shape index (κ3) is 8.22. The van der Waals surface area contributed by atoms with Gasteiger partial charge in [0.2, 0.25) is 0 Å². The first-order chi connectivity index (χ1) is 6.20. The van der Waals surface area contributed by atoms with Gasteiger partial charge in [-0.1, -0.05) is 6.92 Å². The Bertz CT molecular complexity index is 106. The molecule has 0 aliphatic rings. The average molecular weight is 190 g/mol. The van der Waals surface area contributed by atoms with E-state index in [0.29, 0.717) is 5.92 Å². The largest absolute Gasteiger partial charge is 0.393 e. The van der Waals surface area contributed by atoms with E-state index in [1.165, 1.54) is 0 Å². The van der Waals surface area contributed by atoms with Gasteiger partial charge in [0.05, 0.1) is 6.10 Å². The molecule has 0 aromatic carbocycles. The van der Waals surface area contributed by atoms with Crippen molar-refractivity contribution in [2.75, 3.05) is 27.4 Å². The number of hydrogen-bond acceptors (Lipinski definition) is 3. The topological polar surface area (TPSA) is 38.7 Å². The normalized spacial score (nSPS) is 15.7. The van der Waals surface area contributed by atoms with Crippen LogP contribution in [0.2, 0.25) is 0 Å². The van der Waals surface area contributed by atoms with Gasteiger partial charge in [0.25, 0.3) is 0 Å². The standard InChI is InChI=1S/C10H22O3/c1-9(8-13-3)7-10(11)5-4-6-12-2/h9-11H,4-8H2,1-3H3. The lowest BCUT2D eigenvalue weighted by molar-refractivity contribution is 0.0877. The first-order valence-electron chi connectivity index (χ1n) is 4.86. The van der Waals surface area contributed by atoms with E-state index in [0.717, 1.165) is 32.5 Å². The smallest absolute Gasteiger partial charge is 0.0544 e. The van der Waals surface area contributed by atoms with Crippen LogP contribution in [0.25, 0.3) is 0 Å². The summed E-state index contributed by atoms with van der Waals surface area (Å²) in [5.74, 6) is 0.433. The molecule has 0 radical (unpaired) electrons. The van der Waals surface area contributed by atoms with Gasteiger partial charge in [-0.15, -0.1) is 0 Å². The third-order valence-electron chi connectivity index (χ3n) is 2.01. The van der Waals surface area contributed by atoms with Crippen molar-refractivity contribution >= 4 is 0 Å². The molecular weight excluding hydrogens is 168 g/mol. The molecule has 0 saturated heterocycles. The summed E-state index contributed by atoms with van der Waals surface area (Å²) >= 11 is 0. The summed E-state index contributed by atoms with van der Waals surface area (Å²) in [6, 6.07) is 0. The van der Waals surface area contributed by atoms with Gasteiger partial charge in [-0.3, -0.25) is 0 Å². The molecule has 0 aromatic rings. The van der Waals surface area contributed by atoms with Crippen LogP contribution in [0.1, 0.15) is 26.2 Å². The fourth-order valence-electron chi connectivity index (χ4n) is 1.40. The number of methoxy groups -OCH3 is 2. The van der Waals surface area contributed by atoms with Crippen molar-refractivity contribution in [3.8, 4) is 0 Å². The number of hydrogen-bond donors (Lipinski definition) is 1. The van der Waals surface area contributed by atoms with Gasteiger partial charge in [0.15, 0.2) is 0 Å². The van der Waals surface area contributed by atoms with Crippen LogP contribution in [0, 0.1) is 5.92 Å². The van der Waals surface area contributed by atoms with Crippen molar-refractivity contribution in [2.24, 2.45) is 5.92 Å². The summed E-state index contributed by atoms with van der Waals surface area (Å²) in [4.78, 5) is 0. The van der Waals surface area contributed by atoms with E-state index < -0.39 is 0 Å². The van der Waals surface area contributed by atoms with E-state index >= 15 is 0 Å². The van der Waals surface area contributed by atoms with Crippen molar-refractivity contribution < 1.29 is 14.6 Å². The van der Waals surface area contributed by atoms with Crippen LogP contribution in [0.5, 0.6) is 0 Å². The molecule has 0 aromatic heterocycles. The van der Waals surface area contributed by atoms with Crippen LogP contribution >= 0.6 is 0 Å². The van der Waals surface area contributed by atoms with Crippen molar-refractivity contribution in [1.29, 1.82) is 0 Å². The van der Waals surface area contributed by atoms with Crippen molar-refractivity contribution in [3.63, 3.8) is 0 Å². The molecule has 0 saturated carbocycles. The SMILES string of the molecule is COCCCC(O)CC(C)COC. The molecule has 2 atom stereocenters. The van der Waals surface area contributed by atoms with E-state index in [-0.39, 0.29) is 6.10 Å². The Morgan fingerprint density at radius 2 is 1.92 bits per heavy atom. The molecule has 0 rings (SSSR count). The van der Waals surface area contributed by atoms with E-state index in [9.17, 15) is 5.11 Å². The third-order valence-corrected chi connectivity index (χ3v) is 2.01. The lowest BCUT2D eigenvalue weighted by Gasteiger charge is -2.15. The Morgan fingerprint density at radius 1 is 1.23 bits per heavy atom. The second kappa shape index (κ2) is 8.48. The van der Waals surface area contributed by atoms with Gasteiger partial charge in [-0.2, -0.15) is 0 Å². The first kappa shape index (κ1) is 12.9. The predicted molar refractivity (Wildman–Crippen MR) is 52.8 cm³/mol. The molecule has 0 heterocycles. The van der Waals surface area contributed by atoms with Gasteiger partial charge in [0, 0.05) is 27.4 Å². The first-order valence-corrected chi connectivity index (χ1v) is 4.86. The number of ether oxygens (including phenoxy) is 2. The summed E-state index contributed by atoms with van der Waals surface area (Å²) in [7, 11) is 3.37. The van der Waals surface area contributed by atoms with Crippen LogP contribution in [-0.4, -0.2) is 38.6 Å². The molecular formula is C10H22O3. The molecule has 3 heteroatoms. The van der Waals surface area contributed by atoms with Crippen LogP contribution in [0.15, 0.2) is 0 Å². The Labute approximate surface area is 81.0 Å². The van der Waals surface area contributed by atoms with Crippen LogP contribution in [0.3, 0.4) is 0 Å². The lowest BCUT2D eigenvalue weighted by Crippen LogP contribution is -2.15. The maximum atomic E-state index is 9.56. The molecule has 80 valence electrons. The molecule has 13 heavy (non-hydrogen) atoms. The zero-order chi connectivity index (χ0) is 10.1. The Morgan fingerprint density at radius 3 is 2.46 bits per heavy atom. The maximum Gasteiger partial charge on any atom is 0.0544 e. The van der Waals surface area contributed by atoms with Gasteiger partial charge in [0.1, 0.15) is 0 Å². The number of aliphatic hydroxyl groups is 1. The lowest BCUT2D eigenvalue weighted by atomic mass is 10.0.